The molecule has 0 aromatic heterocycles. The average molecular weight is 316 g/mol. The van der Waals surface area contributed by atoms with Gasteiger partial charge in [-0.05, 0) is 55.4 Å². The smallest absolute Gasteiger partial charge is 0.0616 e. The van der Waals surface area contributed by atoms with E-state index in [1.165, 1.54) is 53.3 Å². The van der Waals surface area contributed by atoms with Gasteiger partial charge in [-0.1, -0.05) is 41.3 Å². The number of benzene rings is 1. The van der Waals surface area contributed by atoms with Gasteiger partial charge in [-0.3, -0.25) is 0 Å². The van der Waals surface area contributed by atoms with Crippen LogP contribution in [0.4, 0.5) is 0 Å². The van der Waals surface area contributed by atoms with Crippen molar-refractivity contribution in [2.45, 2.75) is 51.3 Å². The van der Waals surface area contributed by atoms with Gasteiger partial charge in [0.15, 0.2) is 0 Å². The molecule has 0 aliphatic heterocycles. The lowest BCUT2D eigenvalue weighted by molar-refractivity contribution is 0.348. The molecule has 17 heavy (non-hydrogen) atoms. The summed E-state index contributed by atoms with van der Waals surface area (Å²) < 4.78 is 1.19. The van der Waals surface area contributed by atoms with Crippen LogP contribution in [0.2, 0.25) is 0 Å². The minimum Gasteiger partial charge on any atom is -0.118 e. The first kappa shape index (κ1) is 13.4. The Bertz CT molecular complexity index is 394. The molecule has 1 aliphatic carbocycles. The molecule has 1 unspecified atom stereocenters. The Labute approximate surface area is 118 Å². The summed E-state index contributed by atoms with van der Waals surface area (Å²) in [7, 11) is 0. The van der Waals surface area contributed by atoms with Gasteiger partial charge in [0.2, 0.25) is 0 Å². The fourth-order valence-corrected chi connectivity index (χ4v) is 3.73. The van der Waals surface area contributed by atoms with Crippen LogP contribution in [0.3, 0.4) is 0 Å². The Morgan fingerprint density at radius 3 is 2.41 bits per heavy atom. The summed E-state index contributed by atoms with van der Waals surface area (Å²) in [6, 6.07) is 4.45. The molecule has 1 saturated carbocycles. The predicted molar refractivity (Wildman–Crippen MR) is 78.8 cm³/mol. The molecule has 2 rings (SSSR count). The molecule has 0 bridgehead atoms. The third-order valence-electron chi connectivity index (χ3n) is 3.91. The number of rotatable bonds is 2. The SMILES string of the molecule is Cc1cc(C(Cl)C2CCCCC2)c(C)cc1Br. The Morgan fingerprint density at radius 1 is 1.12 bits per heavy atom. The van der Waals surface area contributed by atoms with E-state index in [-0.39, 0.29) is 5.38 Å². The molecule has 0 heterocycles. The quantitative estimate of drug-likeness (QED) is 0.594. The van der Waals surface area contributed by atoms with Crippen LogP contribution >= 0.6 is 27.5 Å². The lowest BCUT2D eigenvalue weighted by atomic mass is 9.83. The van der Waals surface area contributed by atoms with Crippen molar-refractivity contribution in [1.82, 2.24) is 0 Å². The lowest BCUT2D eigenvalue weighted by Crippen LogP contribution is -2.13. The zero-order valence-electron chi connectivity index (χ0n) is 10.6. The molecule has 1 atom stereocenters. The van der Waals surface area contributed by atoms with Crippen molar-refractivity contribution in [2.75, 3.05) is 0 Å². The lowest BCUT2D eigenvalue weighted by Gasteiger charge is -2.27. The first-order valence-electron chi connectivity index (χ1n) is 6.50. The maximum atomic E-state index is 6.70. The summed E-state index contributed by atoms with van der Waals surface area (Å²) in [5.74, 6) is 0.671. The highest BCUT2D eigenvalue weighted by Gasteiger charge is 2.24. The first-order chi connectivity index (χ1) is 8.09. The maximum Gasteiger partial charge on any atom is 0.0616 e. The van der Waals surface area contributed by atoms with Gasteiger partial charge >= 0.3 is 0 Å². The van der Waals surface area contributed by atoms with Gasteiger partial charge in [0.25, 0.3) is 0 Å². The van der Waals surface area contributed by atoms with Crippen LogP contribution < -0.4 is 0 Å². The number of hydrogen-bond donors (Lipinski definition) is 0. The Kier molecular flexibility index (Phi) is 4.54. The van der Waals surface area contributed by atoms with Crippen molar-refractivity contribution in [1.29, 1.82) is 0 Å². The van der Waals surface area contributed by atoms with E-state index in [2.05, 4.69) is 41.9 Å². The summed E-state index contributed by atoms with van der Waals surface area (Å²) in [5, 5.41) is 0.196. The van der Waals surface area contributed by atoms with Crippen LogP contribution in [0.5, 0.6) is 0 Å². The molecule has 1 aliphatic rings. The molecule has 0 spiro atoms. The second-order valence-corrected chi connectivity index (χ2v) is 6.58. The van der Waals surface area contributed by atoms with Crippen molar-refractivity contribution in [2.24, 2.45) is 5.92 Å². The minimum atomic E-state index is 0.196. The first-order valence-corrected chi connectivity index (χ1v) is 7.73. The number of hydrogen-bond acceptors (Lipinski definition) is 0. The number of halogens is 2. The van der Waals surface area contributed by atoms with Gasteiger partial charge in [-0.2, -0.15) is 0 Å². The highest BCUT2D eigenvalue weighted by molar-refractivity contribution is 9.10. The molecule has 0 amide bonds. The fourth-order valence-electron chi connectivity index (χ4n) is 2.78. The molecule has 0 nitrogen and oxygen atoms in total. The third-order valence-corrected chi connectivity index (χ3v) is 5.35. The molecular weight excluding hydrogens is 296 g/mol. The summed E-state index contributed by atoms with van der Waals surface area (Å²) in [6.07, 6.45) is 6.68. The standard InChI is InChI=1S/C15H20BrCl/c1-10-9-14(16)11(2)8-13(10)15(17)12-6-4-3-5-7-12/h8-9,12,15H,3-7H2,1-2H3. The van der Waals surface area contributed by atoms with Crippen LogP contribution in [0, 0.1) is 19.8 Å². The van der Waals surface area contributed by atoms with Crippen molar-refractivity contribution < 1.29 is 0 Å². The van der Waals surface area contributed by atoms with E-state index in [0.29, 0.717) is 5.92 Å². The Hall–Kier alpha value is -0.0100. The van der Waals surface area contributed by atoms with Crippen LogP contribution in [0.1, 0.15) is 54.2 Å². The minimum absolute atomic E-state index is 0.196. The average Bonchev–Trinajstić information content (AvgIpc) is 2.34. The third kappa shape index (κ3) is 3.06. The van der Waals surface area contributed by atoms with E-state index < -0.39 is 0 Å². The zero-order valence-corrected chi connectivity index (χ0v) is 12.9. The van der Waals surface area contributed by atoms with E-state index in [0.717, 1.165) is 0 Å². The highest BCUT2D eigenvalue weighted by atomic mass is 79.9. The summed E-state index contributed by atoms with van der Waals surface area (Å²) in [6.45, 7) is 4.30. The van der Waals surface area contributed by atoms with Crippen LogP contribution in [0.25, 0.3) is 0 Å². The van der Waals surface area contributed by atoms with Crippen LogP contribution in [-0.4, -0.2) is 0 Å². The van der Waals surface area contributed by atoms with Gasteiger partial charge in [0.05, 0.1) is 5.38 Å². The fraction of sp³-hybridized carbons (Fsp3) is 0.600. The molecule has 0 N–H and O–H groups in total. The highest BCUT2D eigenvalue weighted by Crippen LogP contribution is 2.40. The van der Waals surface area contributed by atoms with E-state index in [1.807, 2.05) is 0 Å². The Balaban J connectivity index is 2.23. The molecule has 1 aromatic carbocycles. The molecule has 1 aromatic rings. The zero-order chi connectivity index (χ0) is 12.4. The second-order valence-electron chi connectivity index (χ2n) is 5.26. The number of aryl methyl sites for hydroxylation is 2. The van der Waals surface area contributed by atoms with Gasteiger partial charge in [-0.25, -0.2) is 0 Å². The summed E-state index contributed by atoms with van der Waals surface area (Å²) in [4.78, 5) is 0. The Morgan fingerprint density at radius 2 is 1.76 bits per heavy atom. The van der Waals surface area contributed by atoms with E-state index in [4.69, 9.17) is 11.6 Å². The largest absolute Gasteiger partial charge is 0.118 e. The normalized spacial score (nSPS) is 19.3. The molecule has 2 heteroatoms. The molecule has 0 radical (unpaired) electrons. The van der Waals surface area contributed by atoms with Crippen molar-refractivity contribution in [3.05, 3.63) is 33.3 Å². The van der Waals surface area contributed by atoms with E-state index in [9.17, 15) is 0 Å². The second kappa shape index (κ2) is 5.75. The summed E-state index contributed by atoms with van der Waals surface area (Å²) >= 11 is 10.3. The molecule has 0 saturated heterocycles. The van der Waals surface area contributed by atoms with Gasteiger partial charge in [-0.15, -0.1) is 11.6 Å². The van der Waals surface area contributed by atoms with Crippen molar-refractivity contribution >= 4 is 27.5 Å². The number of alkyl halides is 1. The van der Waals surface area contributed by atoms with Gasteiger partial charge < -0.3 is 0 Å². The van der Waals surface area contributed by atoms with Crippen molar-refractivity contribution in [3.8, 4) is 0 Å². The topological polar surface area (TPSA) is 0 Å². The van der Waals surface area contributed by atoms with E-state index in [1.54, 1.807) is 0 Å². The molecule has 1 fully saturated rings. The van der Waals surface area contributed by atoms with E-state index >= 15 is 0 Å². The molecular formula is C15H20BrCl. The van der Waals surface area contributed by atoms with Gasteiger partial charge in [0, 0.05) is 4.47 Å². The maximum absolute atomic E-state index is 6.70. The summed E-state index contributed by atoms with van der Waals surface area (Å²) in [5.41, 5.74) is 3.93. The predicted octanol–water partition coefficient (Wildman–Crippen LogP) is 5.93. The van der Waals surface area contributed by atoms with Crippen LogP contribution in [0.15, 0.2) is 16.6 Å². The van der Waals surface area contributed by atoms with Crippen molar-refractivity contribution in [3.63, 3.8) is 0 Å². The molecule has 94 valence electrons. The van der Waals surface area contributed by atoms with Crippen LogP contribution in [-0.2, 0) is 0 Å². The monoisotopic (exact) mass is 314 g/mol. The van der Waals surface area contributed by atoms with Gasteiger partial charge in [0.1, 0.15) is 0 Å².